The fourth-order valence-corrected chi connectivity index (χ4v) is 1.96. The Morgan fingerprint density at radius 3 is 2.31 bits per heavy atom. The minimum atomic E-state index is -0.585. The summed E-state index contributed by atoms with van der Waals surface area (Å²) < 4.78 is 0. The second-order valence-electron chi connectivity index (χ2n) is 4.78. The minimum Gasteiger partial charge on any atom is -0.390 e. The molecule has 0 aliphatic heterocycles. The molecule has 0 bridgehead atoms. The summed E-state index contributed by atoms with van der Waals surface area (Å²) in [5, 5.41) is 19.8. The second kappa shape index (κ2) is 3.97. The molecule has 1 atom stereocenters. The van der Waals surface area contributed by atoms with Crippen molar-refractivity contribution in [2.75, 3.05) is 0 Å². The van der Waals surface area contributed by atoms with Crippen LogP contribution in [0.25, 0.3) is 0 Å². The number of aliphatic hydroxyl groups is 2. The lowest BCUT2D eigenvalue weighted by atomic mass is 9.88. The molecule has 1 saturated carbocycles. The van der Waals surface area contributed by atoms with E-state index in [4.69, 9.17) is 0 Å². The van der Waals surface area contributed by atoms with Gasteiger partial charge in [0.2, 0.25) is 0 Å². The van der Waals surface area contributed by atoms with Crippen molar-refractivity contribution in [3.63, 3.8) is 0 Å². The Hall–Kier alpha value is -0.0800. The SMILES string of the molecule is CCC(C)(O)CCC1(O)CCCC1. The van der Waals surface area contributed by atoms with Crippen LogP contribution in [0.3, 0.4) is 0 Å². The van der Waals surface area contributed by atoms with E-state index in [2.05, 4.69) is 0 Å². The molecule has 1 fully saturated rings. The van der Waals surface area contributed by atoms with E-state index < -0.39 is 11.2 Å². The highest BCUT2D eigenvalue weighted by Crippen LogP contribution is 2.35. The van der Waals surface area contributed by atoms with Gasteiger partial charge in [-0.2, -0.15) is 0 Å². The first kappa shape index (κ1) is 11.0. The summed E-state index contributed by atoms with van der Waals surface area (Å²) in [6.07, 6.45) is 6.38. The zero-order chi connectivity index (χ0) is 9.95. The van der Waals surface area contributed by atoms with Gasteiger partial charge in [-0.05, 0) is 39.0 Å². The molecular formula is C11H22O2. The third kappa shape index (κ3) is 3.28. The second-order valence-corrected chi connectivity index (χ2v) is 4.78. The van der Waals surface area contributed by atoms with Gasteiger partial charge in [-0.15, -0.1) is 0 Å². The standard InChI is InChI=1S/C11H22O2/c1-3-10(2,12)8-9-11(13)6-4-5-7-11/h12-13H,3-9H2,1-2H3. The monoisotopic (exact) mass is 186 g/mol. The number of hydrogen-bond acceptors (Lipinski definition) is 2. The van der Waals surface area contributed by atoms with E-state index in [1.54, 1.807) is 0 Å². The van der Waals surface area contributed by atoms with Gasteiger partial charge in [0.05, 0.1) is 11.2 Å². The van der Waals surface area contributed by atoms with E-state index in [-0.39, 0.29) is 0 Å². The van der Waals surface area contributed by atoms with Crippen LogP contribution in [0.4, 0.5) is 0 Å². The summed E-state index contributed by atoms with van der Waals surface area (Å²) in [4.78, 5) is 0. The van der Waals surface area contributed by atoms with E-state index in [9.17, 15) is 10.2 Å². The van der Waals surface area contributed by atoms with Crippen LogP contribution in [-0.4, -0.2) is 21.4 Å². The lowest BCUT2D eigenvalue weighted by Gasteiger charge is -2.28. The third-order valence-electron chi connectivity index (χ3n) is 3.42. The normalized spacial score (nSPS) is 25.8. The molecule has 1 rings (SSSR count). The Kier molecular flexibility index (Phi) is 3.36. The summed E-state index contributed by atoms with van der Waals surface area (Å²) in [6.45, 7) is 3.84. The first-order valence-corrected chi connectivity index (χ1v) is 5.42. The average Bonchev–Trinajstić information content (AvgIpc) is 2.50. The molecule has 2 heteroatoms. The molecule has 0 spiro atoms. The van der Waals surface area contributed by atoms with Gasteiger partial charge in [0, 0.05) is 0 Å². The Bertz CT molecular complexity index is 157. The van der Waals surface area contributed by atoms with Crippen molar-refractivity contribution < 1.29 is 10.2 Å². The lowest BCUT2D eigenvalue weighted by molar-refractivity contribution is -0.0103. The smallest absolute Gasteiger partial charge is 0.0648 e. The van der Waals surface area contributed by atoms with Crippen molar-refractivity contribution in [1.82, 2.24) is 0 Å². The molecule has 0 amide bonds. The summed E-state index contributed by atoms with van der Waals surface area (Å²) in [5.74, 6) is 0. The zero-order valence-electron chi connectivity index (χ0n) is 8.84. The highest BCUT2D eigenvalue weighted by atomic mass is 16.3. The van der Waals surface area contributed by atoms with Crippen molar-refractivity contribution in [3.05, 3.63) is 0 Å². The van der Waals surface area contributed by atoms with E-state index in [1.807, 2.05) is 13.8 Å². The molecule has 0 aromatic rings. The Morgan fingerprint density at radius 1 is 1.31 bits per heavy atom. The molecule has 0 aromatic carbocycles. The van der Waals surface area contributed by atoms with Gasteiger partial charge in [0.15, 0.2) is 0 Å². The van der Waals surface area contributed by atoms with Crippen molar-refractivity contribution in [2.24, 2.45) is 0 Å². The molecule has 0 aromatic heterocycles. The summed E-state index contributed by atoms with van der Waals surface area (Å²) in [7, 11) is 0. The van der Waals surface area contributed by atoms with Gasteiger partial charge in [0.25, 0.3) is 0 Å². The van der Waals surface area contributed by atoms with Crippen molar-refractivity contribution in [1.29, 1.82) is 0 Å². The maximum Gasteiger partial charge on any atom is 0.0648 e. The van der Waals surface area contributed by atoms with E-state index in [0.717, 1.165) is 44.9 Å². The third-order valence-corrected chi connectivity index (χ3v) is 3.42. The molecule has 0 heterocycles. The van der Waals surface area contributed by atoms with E-state index in [1.165, 1.54) is 0 Å². The predicted octanol–water partition coefficient (Wildman–Crippen LogP) is 2.23. The number of hydrogen-bond donors (Lipinski definition) is 2. The first-order valence-electron chi connectivity index (χ1n) is 5.42. The fourth-order valence-electron chi connectivity index (χ4n) is 1.96. The van der Waals surface area contributed by atoms with Crippen LogP contribution in [0.1, 0.15) is 58.8 Å². The van der Waals surface area contributed by atoms with Crippen molar-refractivity contribution >= 4 is 0 Å². The fraction of sp³-hybridized carbons (Fsp3) is 1.00. The van der Waals surface area contributed by atoms with Crippen LogP contribution < -0.4 is 0 Å². The van der Waals surface area contributed by atoms with Crippen molar-refractivity contribution in [2.45, 2.75) is 70.0 Å². The highest BCUT2D eigenvalue weighted by molar-refractivity contribution is 4.86. The van der Waals surface area contributed by atoms with Crippen LogP contribution in [0.5, 0.6) is 0 Å². The Labute approximate surface area is 81.0 Å². The molecule has 13 heavy (non-hydrogen) atoms. The topological polar surface area (TPSA) is 40.5 Å². The van der Waals surface area contributed by atoms with Gasteiger partial charge < -0.3 is 10.2 Å². The molecule has 0 saturated heterocycles. The summed E-state index contributed by atoms with van der Waals surface area (Å²) >= 11 is 0. The molecule has 2 nitrogen and oxygen atoms in total. The van der Waals surface area contributed by atoms with Gasteiger partial charge >= 0.3 is 0 Å². The first-order chi connectivity index (χ1) is 5.97. The predicted molar refractivity (Wildman–Crippen MR) is 53.6 cm³/mol. The minimum absolute atomic E-state index is 0.459. The molecule has 1 aliphatic carbocycles. The van der Waals surface area contributed by atoms with Gasteiger partial charge in [-0.3, -0.25) is 0 Å². The van der Waals surface area contributed by atoms with E-state index in [0.29, 0.717) is 0 Å². The van der Waals surface area contributed by atoms with Crippen LogP contribution >= 0.6 is 0 Å². The van der Waals surface area contributed by atoms with Gasteiger partial charge in [-0.25, -0.2) is 0 Å². The van der Waals surface area contributed by atoms with Crippen molar-refractivity contribution in [3.8, 4) is 0 Å². The van der Waals surface area contributed by atoms with Crippen LogP contribution in [0.2, 0.25) is 0 Å². The summed E-state index contributed by atoms with van der Waals surface area (Å²) in [6, 6.07) is 0. The largest absolute Gasteiger partial charge is 0.390 e. The molecule has 2 N–H and O–H groups in total. The van der Waals surface area contributed by atoms with Gasteiger partial charge in [-0.1, -0.05) is 19.8 Å². The Balaban J connectivity index is 2.32. The molecular weight excluding hydrogens is 164 g/mol. The van der Waals surface area contributed by atoms with Gasteiger partial charge in [0.1, 0.15) is 0 Å². The van der Waals surface area contributed by atoms with Crippen LogP contribution in [-0.2, 0) is 0 Å². The molecule has 1 unspecified atom stereocenters. The maximum atomic E-state index is 10.0. The van der Waals surface area contributed by atoms with Crippen LogP contribution in [0.15, 0.2) is 0 Å². The van der Waals surface area contributed by atoms with E-state index >= 15 is 0 Å². The summed E-state index contributed by atoms with van der Waals surface area (Å²) in [5.41, 5.74) is -1.04. The van der Waals surface area contributed by atoms with Crippen LogP contribution in [0, 0.1) is 0 Å². The lowest BCUT2D eigenvalue weighted by Crippen LogP contribution is -2.30. The number of rotatable bonds is 4. The zero-order valence-corrected chi connectivity index (χ0v) is 8.84. The Morgan fingerprint density at radius 2 is 1.85 bits per heavy atom. The molecule has 0 radical (unpaired) electrons. The highest BCUT2D eigenvalue weighted by Gasteiger charge is 2.32. The average molecular weight is 186 g/mol. The molecule has 1 aliphatic rings. The maximum absolute atomic E-state index is 10.0. The molecule has 78 valence electrons. The quantitative estimate of drug-likeness (QED) is 0.707.